The Balaban J connectivity index is 0.000000442. The van der Waals surface area contributed by atoms with Crippen LogP contribution in [0.4, 0.5) is 8.78 Å². The maximum Gasteiger partial charge on any atom is 0.166 e. The molecule has 1 N–H and O–H groups in total. The van der Waals surface area contributed by atoms with Crippen molar-refractivity contribution in [3.63, 3.8) is 0 Å². The molecule has 0 radical (unpaired) electrons. The van der Waals surface area contributed by atoms with Gasteiger partial charge in [-0.1, -0.05) is 132 Å². The summed E-state index contributed by atoms with van der Waals surface area (Å²) in [7, 11) is 0. The second kappa shape index (κ2) is 24.2. The molecule has 0 saturated carbocycles. The van der Waals surface area contributed by atoms with E-state index in [0.29, 0.717) is 24.5 Å². The van der Waals surface area contributed by atoms with E-state index in [0.717, 1.165) is 23.7 Å². The van der Waals surface area contributed by atoms with Crippen LogP contribution in [0.5, 0.6) is 11.5 Å². The van der Waals surface area contributed by atoms with Crippen LogP contribution >= 0.6 is 15.9 Å². The first-order valence-electron chi connectivity index (χ1n) is 16.4. The molecule has 0 aliphatic heterocycles. The Kier molecular flexibility index (Phi) is 21.9. The van der Waals surface area contributed by atoms with Crippen molar-refractivity contribution in [2.45, 2.75) is 136 Å². The molecular weight excluding hydrogens is 610 g/mol. The quantitative estimate of drug-likeness (QED) is 0.113. The zero-order chi connectivity index (χ0) is 31.8. The Labute approximate surface area is 269 Å². The van der Waals surface area contributed by atoms with Crippen LogP contribution in [0.2, 0.25) is 0 Å². The first-order valence-corrected chi connectivity index (χ1v) is 17.2. The van der Waals surface area contributed by atoms with Crippen LogP contribution in [0.3, 0.4) is 0 Å². The third-order valence-corrected chi connectivity index (χ3v) is 7.34. The monoisotopic (exact) mass is 664 g/mol. The van der Waals surface area contributed by atoms with Gasteiger partial charge in [0.15, 0.2) is 23.1 Å². The summed E-state index contributed by atoms with van der Waals surface area (Å²) in [6.07, 6.45) is 19.9. The molecule has 2 rings (SSSR count). The van der Waals surface area contributed by atoms with Gasteiger partial charge in [0.05, 0.1) is 13.2 Å². The van der Waals surface area contributed by atoms with Crippen LogP contribution in [-0.2, 0) is 0 Å². The zero-order valence-electron chi connectivity index (χ0n) is 27.1. The molecule has 0 bridgehead atoms. The maximum absolute atomic E-state index is 14.0. The first-order chi connectivity index (χ1) is 20.7. The second-order valence-electron chi connectivity index (χ2n) is 11.7. The highest BCUT2D eigenvalue weighted by molar-refractivity contribution is 9.10. The van der Waals surface area contributed by atoms with Gasteiger partial charge in [-0.3, -0.25) is 0 Å². The highest BCUT2D eigenvalue weighted by Crippen LogP contribution is 2.22. The SMILES string of the molecule is CCCCCCCCCCOc1ccc(Br)cc1F.CCCCCCCCCCOc1ccc(C#CC(C)(C)O)cc1F. The van der Waals surface area contributed by atoms with Gasteiger partial charge in [-0.15, -0.1) is 0 Å². The summed E-state index contributed by atoms with van der Waals surface area (Å²) in [5, 5.41) is 9.56. The third-order valence-electron chi connectivity index (χ3n) is 6.85. The van der Waals surface area contributed by atoms with E-state index in [9.17, 15) is 13.9 Å². The predicted octanol–water partition coefficient (Wildman–Crippen LogP) is 11.6. The fourth-order valence-corrected chi connectivity index (χ4v) is 4.68. The summed E-state index contributed by atoms with van der Waals surface area (Å²) in [5.41, 5.74) is -0.545. The van der Waals surface area contributed by atoms with Crippen molar-refractivity contribution in [1.82, 2.24) is 0 Å². The first kappa shape index (κ1) is 38.9. The molecule has 0 spiro atoms. The van der Waals surface area contributed by atoms with Crippen LogP contribution < -0.4 is 9.47 Å². The number of unbranched alkanes of at least 4 members (excludes halogenated alkanes) is 14. The molecule has 0 amide bonds. The number of benzene rings is 2. The van der Waals surface area contributed by atoms with E-state index in [-0.39, 0.29) is 11.6 Å². The van der Waals surface area contributed by atoms with Gasteiger partial charge >= 0.3 is 0 Å². The predicted molar refractivity (Wildman–Crippen MR) is 180 cm³/mol. The summed E-state index contributed by atoms with van der Waals surface area (Å²) < 4.78 is 39.1. The van der Waals surface area contributed by atoms with Gasteiger partial charge in [0.25, 0.3) is 0 Å². The lowest BCUT2D eigenvalue weighted by Crippen LogP contribution is -2.14. The number of aliphatic hydroxyl groups is 1. The molecule has 0 aliphatic carbocycles. The van der Waals surface area contributed by atoms with Gasteiger partial charge < -0.3 is 14.6 Å². The smallest absolute Gasteiger partial charge is 0.166 e. The summed E-state index contributed by atoms with van der Waals surface area (Å²) in [6.45, 7) is 8.80. The average molecular weight is 666 g/mol. The van der Waals surface area contributed by atoms with Crippen molar-refractivity contribution in [2.24, 2.45) is 0 Å². The molecule has 43 heavy (non-hydrogen) atoms. The third kappa shape index (κ3) is 21.3. The van der Waals surface area contributed by atoms with Crippen LogP contribution in [0.25, 0.3) is 0 Å². The molecule has 3 nitrogen and oxygen atoms in total. The number of halogens is 3. The second-order valence-corrected chi connectivity index (χ2v) is 12.6. The largest absolute Gasteiger partial charge is 0.491 e. The minimum Gasteiger partial charge on any atom is -0.491 e. The molecule has 2 aromatic carbocycles. The highest BCUT2D eigenvalue weighted by Gasteiger charge is 2.08. The lowest BCUT2D eigenvalue weighted by Gasteiger charge is -2.08. The normalized spacial score (nSPS) is 10.9. The summed E-state index contributed by atoms with van der Waals surface area (Å²) >= 11 is 3.23. The van der Waals surface area contributed by atoms with Crippen LogP contribution in [0.15, 0.2) is 40.9 Å². The van der Waals surface area contributed by atoms with Crippen molar-refractivity contribution in [1.29, 1.82) is 0 Å². The van der Waals surface area contributed by atoms with E-state index in [4.69, 9.17) is 9.47 Å². The Morgan fingerprint density at radius 2 is 1.07 bits per heavy atom. The lowest BCUT2D eigenvalue weighted by molar-refractivity contribution is 0.143. The van der Waals surface area contributed by atoms with Crippen molar-refractivity contribution in [3.05, 3.63) is 58.1 Å². The van der Waals surface area contributed by atoms with E-state index in [1.165, 1.54) is 95.6 Å². The van der Waals surface area contributed by atoms with Gasteiger partial charge in [-0.05, 0) is 63.1 Å². The molecule has 0 aliphatic rings. The zero-order valence-corrected chi connectivity index (χ0v) is 28.7. The van der Waals surface area contributed by atoms with Crippen LogP contribution in [0.1, 0.15) is 136 Å². The molecule has 0 saturated heterocycles. The Hall–Kier alpha value is -2.10. The van der Waals surface area contributed by atoms with Crippen LogP contribution in [0, 0.1) is 23.5 Å². The van der Waals surface area contributed by atoms with E-state index < -0.39 is 11.4 Å². The number of ether oxygens (including phenoxy) is 2. The summed E-state index contributed by atoms with van der Waals surface area (Å²) in [4.78, 5) is 0. The van der Waals surface area contributed by atoms with Crippen LogP contribution in [-0.4, -0.2) is 23.9 Å². The van der Waals surface area contributed by atoms with Gasteiger partial charge in [0.1, 0.15) is 5.60 Å². The average Bonchev–Trinajstić information content (AvgIpc) is 2.96. The molecule has 0 unspecified atom stereocenters. The standard InChI is InChI=1S/C21H31FO2.C16H24BrFO/c1-4-5-6-7-8-9-10-11-16-24-20-13-12-18(17-19(20)22)14-15-21(2,3)23;1-2-3-4-5-6-7-8-9-12-19-16-11-10-14(17)13-15(16)18/h12-13,17,23H,4-11,16H2,1-3H3;10-11,13H,2-9,12H2,1H3. The Bertz CT molecular complexity index is 1060. The highest BCUT2D eigenvalue weighted by atomic mass is 79.9. The Morgan fingerprint density at radius 1 is 0.651 bits per heavy atom. The molecular formula is C37H55BrF2O3. The van der Waals surface area contributed by atoms with Crippen molar-refractivity contribution >= 4 is 15.9 Å². The van der Waals surface area contributed by atoms with E-state index >= 15 is 0 Å². The molecule has 242 valence electrons. The van der Waals surface area contributed by atoms with Gasteiger partial charge in [0.2, 0.25) is 0 Å². The fourth-order valence-electron chi connectivity index (χ4n) is 4.35. The molecule has 0 aromatic heterocycles. The van der Waals surface area contributed by atoms with Crippen molar-refractivity contribution in [2.75, 3.05) is 13.2 Å². The van der Waals surface area contributed by atoms with E-state index in [1.807, 2.05) is 0 Å². The van der Waals surface area contributed by atoms with Crippen molar-refractivity contribution in [3.8, 4) is 23.3 Å². The summed E-state index contributed by atoms with van der Waals surface area (Å²) in [6, 6.07) is 9.57. The fraction of sp³-hybridized carbons (Fsp3) is 0.622. The Morgan fingerprint density at radius 3 is 1.49 bits per heavy atom. The summed E-state index contributed by atoms with van der Waals surface area (Å²) in [5.74, 6) is 5.35. The van der Waals surface area contributed by atoms with E-state index in [2.05, 4.69) is 41.6 Å². The van der Waals surface area contributed by atoms with Gasteiger partial charge in [-0.25, -0.2) is 8.78 Å². The van der Waals surface area contributed by atoms with Gasteiger partial charge in [0, 0.05) is 10.0 Å². The molecule has 0 fully saturated rings. The minimum absolute atomic E-state index is 0.270. The molecule has 6 heteroatoms. The number of rotatable bonds is 20. The number of hydrogen-bond acceptors (Lipinski definition) is 3. The van der Waals surface area contributed by atoms with Gasteiger partial charge in [-0.2, -0.15) is 0 Å². The maximum atomic E-state index is 14.0. The van der Waals surface area contributed by atoms with E-state index in [1.54, 1.807) is 38.1 Å². The van der Waals surface area contributed by atoms with Crippen molar-refractivity contribution < 1.29 is 23.4 Å². The molecule has 2 aromatic rings. The molecule has 0 atom stereocenters. The minimum atomic E-state index is -1.08. The number of hydrogen-bond donors (Lipinski definition) is 1. The molecule has 0 heterocycles. The topological polar surface area (TPSA) is 38.7 Å². The lowest BCUT2D eigenvalue weighted by atomic mass is 10.1.